The molecule has 0 radical (unpaired) electrons. The maximum absolute atomic E-state index is 12.7. The molecule has 4 atom stereocenters. The highest BCUT2D eigenvalue weighted by Gasteiger charge is 2.35. The smallest absolute Gasteiger partial charge is 0.337 e. The normalized spacial score (nSPS) is 24.5. The lowest BCUT2D eigenvalue weighted by Crippen LogP contribution is -2.36. The maximum atomic E-state index is 12.7. The van der Waals surface area contributed by atoms with E-state index in [4.69, 9.17) is 4.74 Å². The number of ether oxygens (including phenoxy) is 1. The highest BCUT2D eigenvalue weighted by atomic mass is 79.9. The molecule has 148 valence electrons. The molecule has 1 saturated carbocycles. The van der Waals surface area contributed by atoms with Gasteiger partial charge in [0.25, 0.3) is 5.69 Å². The SMILES string of the molecule is CC(C)[C@@H]1CC[C@@H](C)C[C@H]1OC(=O)/C(=C/Br)C(O)c1ccc([N+](=O)[O-])cc1. The Morgan fingerprint density at radius 1 is 1.33 bits per heavy atom. The number of aliphatic hydroxyl groups is 1. The summed E-state index contributed by atoms with van der Waals surface area (Å²) in [6.45, 7) is 6.42. The average Bonchev–Trinajstić information content (AvgIpc) is 2.62. The van der Waals surface area contributed by atoms with Crippen LogP contribution in [0.15, 0.2) is 34.8 Å². The lowest BCUT2D eigenvalue weighted by molar-refractivity contribution is -0.384. The predicted octanol–water partition coefficient (Wildman–Crippen LogP) is 4.91. The lowest BCUT2D eigenvalue weighted by Gasteiger charge is -2.37. The van der Waals surface area contributed by atoms with Gasteiger partial charge in [-0.1, -0.05) is 43.1 Å². The Morgan fingerprint density at radius 3 is 2.48 bits per heavy atom. The van der Waals surface area contributed by atoms with Gasteiger partial charge >= 0.3 is 5.97 Å². The number of hydrogen-bond donors (Lipinski definition) is 1. The van der Waals surface area contributed by atoms with Gasteiger partial charge in [-0.25, -0.2) is 4.79 Å². The van der Waals surface area contributed by atoms with Gasteiger partial charge in [0, 0.05) is 12.1 Å². The van der Waals surface area contributed by atoms with Crippen molar-refractivity contribution >= 4 is 27.6 Å². The molecule has 1 unspecified atom stereocenters. The van der Waals surface area contributed by atoms with Gasteiger partial charge in [-0.15, -0.1) is 0 Å². The standard InChI is InChI=1S/C20H26BrNO5/c1-12(2)16-9-4-13(3)10-18(16)27-20(24)17(11-21)19(23)14-5-7-15(8-6-14)22(25)26/h5-8,11-13,16,18-19,23H,4,9-10H2,1-3H3/b17-11+/t13-,16+,18-,19?/m1/s1. The van der Waals surface area contributed by atoms with Crippen molar-refractivity contribution in [1.82, 2.24) is 0 Å². The van der Waals surface area contributed by atoms with Crippen LogP contribution in [-0.2, 0) is 9.53 Å². The molecule has 1 aliphatic carbocycles. The molecule has 0 aromatic heterocycles. The van der Waals surface area contributed by atoms with E-state index in [0.717, 1.165) is 19.3 Å². The summed E-state index contributed by atoms with van der Waals surface area (Å²) in [5.41, 5.74) is 0.388. The first-order valence-corrected chi connectivity index (χ1v) is 10.1. The summed E-state index contributed by atoms with van der Waals surface area (Å²) in [6, 6.07) is 5.47. The fourth-order valence-electron chi connectivity index (χ4n) is 3.63. The molecule has 0 heterocycles. The molecule has 0 bridgehead atoms. The number of hydrogen-bond acceptors (Lipinski definition) is 5. The number of carbonyl (C=O) groups excluding carboxylic acids is 1. The third-order valence-corrected chi connectivity index (χ3v) is 5.78. The zero-order valence-electron chi connectivity index (χ0n) is 15.8. The van der Waals surface area contributed by atoms with Crippen molar-refractivity contribution in [2.75, 3.05) is 0 Å². The Kier molecular flexibility index (Phi) is 7.56. The predicted molar refractivity (Wildman–Crippen MR) is 106 cm³/mol. The summed E-state index contributed by atoms with van der Waals surface area (Å²) in [5, 5.41) is 21.3. The van der Waals surface area contributed by atoms with Crippen LogP contribution >= 0.6 is 15.9 Å². The summed E-state index contributed by atoms with van der Waals surface area (Å²) in [6.07, 6.45) is 1.57. The fourth-order valence-corrected chi connectivity index (χ4v) is 4.07. The van der Waals surface area contributed by atoms with Crippen LogP contribution in [0.4, 0.5) is 5.69 Å². The van der Waals surface area contributed by atoms with E-state index in [1.165, 1.54) is 29.3 Å². The van der Waals surface area contributed by atoms with Crippen molar-refractivity contribution < 1.29 is 19.6 Å². The number of nitro benzene ring substituents is 1. The molecule has 2 rings (SSSR count). The number of halogens is 1. The molecule has 0 amide bonds. The van der Waals surface area contributed by atoms with Crippen LogP contribution in [0.5, 0.6) is 0 Å². The summed E-state index contributed by atoms with van der Waals surface area (Å²) in [5.74, 6) is 0.640. The fraction of sp³-hybridized carbons (Fsp3) is 0.550. The molecule has 1 aromatic rings. The summed E-state index contributed by atoms with van der Waals surface area (Å²) >= 11 is 3.14. The number of nitrogens with zero attached hydrogens (tertiary/aromatic N) is 1. The molecule has 1 aromatic carbocycles. The molecule has 7 heteroatoms. The number of rotatable bonds is 6. The molecular weight excluding hydrogens is 414 g/mol. The first kappa shape index (κ1) is 21.6. The molecular formula is C20H26BrNO5. The Labute approximate surface area is 167 Å². The maximum Gasteiger partial charge on any atom is 0.337 e. The summed E-state index contributed by atoms with van der Waals surface area (Å²) in [7, 11) is 0. The Balaban J connectivity index is 2.13. The highest BCUT2D eigenvalue weighted by Crippen LogP contribution is 2.36. The second-order valence-electron chi connectivity index (χ2n) is 7.59. The quantitative estimate of drug-likeness (QED) is 0.294. The highest BCUT2D eigenvalue weighted by molar-refractivity contribution is 9.11. The van der Waals surface area contributed by atoms with E-state index < -0.39 is 17.0 Å². The van der Waals surface area contributed by atoms with Crippen LogP contribution in [0.1, 0.15) is 51.7 Å². The molecule has 1 fully saturated rings. The third kappa shape index (κ3) is 5.39. The van der Waals surface area contributed by atoms with Crippen LogP contribution in [-0.4, -0.2) is 22.1 Å². The minimum atomic E-state index is -1.23. The molecule has 0 saturated heterocycles. The van der Waals surface area contributed by atoms with E-state index in [0.29, 0.717) is 23.3 Å². The lowest BCUT2D eigenvalue weighted by atomic mass is 9.75. The van der Waals surface area contributed by atoms with Crippen molar-refractivity contribution in [2.24, 2.45) is 17.8 Å². The molecule has 0 aliphatic heterocycles. The van der Waals surface area contributed by atoms with Crippen LogP contribution in [0, 0.1) is 27.9 Å². The van der Waals surface area contributed by atoms with Crippen LogP contribution in [0.3, 0.4) is 0 Å². The topological polar surface area (TPSA) is 89.7 Å². The molecule has 27 heavy (non-hydrogen) atoms. The van der Waals surface area contributed by atoms with Crippen molar-refractivity contribution in [1.29, 1.82) is 0 Å². The average molecular weight is 440 g/mol. The largest absolute Gasteiger partial charge is 0.459 e. The number of non-ortho nitro benzene ring substituents is 1. The number of nitro groups is 1. The van der Waals surface area contributed by atoms with E-state index in [9.17, 15) is 20.0 Å². The summed E-state index contributed by atoms with van der Waals surface area (Å²) < 4.78 is 5.79. The van der Waals surface area contributed by atoms with Gasteiger partial charge < -0.3 is 9.84 Å². The minimum Gasteiger partial charge on any atom is -0.459 e. The van der Waals surface area contributed by atoms with Gasteiger partial charge in [-0.2, -0.15) is 0 Å². The zero-order valence-corrected chi connectivity index (χ0v) is 17.4. The monoisotopic (exact) mass is 439 g/mol. The van der Waals surface area contributed by atoms with E-state index in [1.807, 2.05) is 0 Å². The number of benzene rings is 1. The number of aliphatic hydroxyl groups excluding tert-OH is 1. The van der Waals surface area contributed by atoms with E-state index in [2.05, 4.69) is 36.7 Å². The van der Waals surface area contributed by atoms with Gasteiger partial charge in [-0.05, 0) is 53.3 Å². The molecule has 1 N–H and O–H groups in total. The Hall–Kier alpha value is -1.73. The van der Waals surface area contributed by atoms with Gasteiger partial charge in [0.2, 0.25) is 0 Å². The van der Waals surface area contributed by atoms with Crippen LogP contribution in [0.25, 0.3) is 0 Å². The third-order valence-electron chi connectivity index (χ3n) is 5.29. The number of esters is 1. The molecule has 0 spiro atoms. The van der Waals surface area contributed by atoms with E-state index in [1.54, 1.807) is 0 Å². The van der Waals surface area contributed by atoms with Crippen molar-refractivity contribution in [3.8, 4) is 0 Å². The van der Waals surface area contributed by atoms with Gasteiger partial charge in [-0.3, -0.25) is 10.1 Å². The van der Waals surface area contributed by atoms with Gasteiger partial charge in [0.15, 0.2) is 0 Å². The Bertz CT molecular complexity index is 701. The van der Waals surface area contributed by atoms with E-state index in [-0.39, 0.29) is 17.4 Å². The van der Waals surface area contributed by atoms with Gasteiger partial charge in [0.1, 0.15) is 12.2 Å². The minimum absolute atomic E-state index is 0.0737. The van der Waals surface area contributed by atoms with Crippen molar-refractivity contribution in [2.45, 2.75) is 52.2 Å². The Morgan fingerprint density at radius 2 is 1.96 bits per heavy atom. The van der Waals surface area contributed by atoms with E-state index >= 15 is 0 Å². The number of carbonyl (C=O) groups is 1. The van der Waals surface area contributed by atoms with Crippen LogP contribution in [0.2, 0.25) is 0 Å². The zero-order chi connectivity index (χ0) is 20.1. The first-order chi connectivity index (χ1) is 12.7. The first-order valence-electron chi connectivity index (χ1n) is 9.18. The second kappa shape index (κ2) is 9.46. The van der Waals surface area contributed by atoms with Crippen molar-refractivity contribution in [3.63, 3.8) is 0 Å². The summed E-state index contributed by atoms with van der Waals surface area (Å²) in [4.78, 5) is 24.3. The second-order valence-corrected chi connectivity index (χ2v) is 8.04. The van der Waals surface area contributed by atoms with Crippen molar-refractivity contribution in [3.05, 3.63) is 50.5 Å². The molecule has 1 aliphatic rings. The van der Waals surface area contributed by atoms with Gasteiger partial charge in [0.05, 0.1) is 10.5 Å². The van der Waals surface area contributed by atoms with Crippen LogP contribution < -0.4 is 0 Å². The molecule has 6 nitrogen and oxygen atoms in total.